The highest BCUT2D eigenvalue weighted by Crippen LogP contribution is 2.28. The third-order valence-corrected chi connectivity index (χ3v) is 7.51. The van der Waals surface area contributed by atoms with Crippen molar-refractivity contribution < 1.29 is 13.2 Å². The molecule has 0 aliphatic heterocycles. The summed E-state index contributed by atoms with van der Waals surface area (Å²) in [7, 11) is -2.26. The van der Waals surface area contributed by atoms with Crippen molar-refractivity contribution in [2.45, 2.75) is 4.90 Å². The number of rotatable bonds is 6. The molecule has 1 aromatic heterocycles. The van der Waals surface area contributed by atoms with Crippen LogP contribution in [0.15, 0.2) is 108 Å². The van der Waals surface area contributed by atoms with Gasteiger partial charge in [0.05, 0.1) is 27.3 Å². The van der Waals surface area contributed by atoms with Gasteiger partial charge >= 0.3 is 0 Å². The third kappa shape index (κ3) is 4.39. The number of aromatic amines is 1. The number of nitrogens with one attached hydrogen (secondary N) is 2. The van der Waals surface area contributed by atoms with Crippen LogP contribution >= 0.6 is 0 Å². The predicted octanol–water partition coefficient (Wildman–Crippen LogP) is 5.31. The van der Waals surface area contributed by atoms with Gasteiger partial charge in [0.1, 0.15) is 5.82 Å². The van der Waals surface area contributed by atoms with Gasteiger partial charge in [-0.25, -0.2) is 13.4 Å². The molecule has 0 fully saturated rings. The van der Waals surface area contributed by atoms with Gasteiger partial charge < -0.3 is 10.3 Å². The number of carbonyl (C=O) groups excluding carboxylic acids is 1. The predicted molar refractivity (Wildman–Crippen MR) is 138 cm³/mol. The number of hydrogen-bond donors (Lipinski definition) is 2. The second kappa shape index (κ2) is 9.08. The molecule has 7 nitrogen and oxygen atoms in total. The Balaban J connectivity index is 1.38. The first-order valence-electron chi connectivity index (χ1n) is 10.9. The van der Waals surface area contributed by atoms with Crippen molar-refractivity contribution in [2.24, 2.45) is 0 Å². The molecule has 1 heterocycles. The Morgan fingerprint density at radius 1 is 0.829 bits per heavy atom. The van der Waals surface area contributed by atoms with E-state index in [2.05, 4.69) is 15.3 Å². The summed E-state index contributed by atoms with van der Waals surface area (Å²) in [6, 6.07) is 29.8. The summed E-state index contributed by atoms with van der Waals surface area (Å²) in [4.78, 5) is 21.0. The zero-order chi connectivity index (χ0) is 24.4. The van der Waals surface area contributed by atoms with Gasteiger partial charge in [0.2, 0.25) is 0 Å². The van der Waals surface area contributed by atoms with Crippen molar-refractivity contribution in [3.8, 4) is 11.4 Å². The molecule has 0 bridgehead atoms. The van der Waals surface area contributed by atoms with Gasteiger partial charge in [0, 0.05) is 18.2 Å². The first-order chi connectivity index (χ1) is 16.9. The molecule has 0 aliphatic rings. The number of imidazole rings is 1. The lowest BCUT2D eigenvalue weighted by molar-refractivity contribution is 0.102. The van der Waals surface area contributed by atoms with E-state index in [1.807, 2.05) is 48.5 Å². The Kier molecular flexibility index (Phi) is 5.80. The third-order valence-electron chi connectivity index (χ3n) is 5.71. The fourth-order valence-electron chi connectivity index (χ4n) is 3.79. The van der Waals surface area contributed by atoms with Crippen molar-refractivity contribution in [1.29, 1.82) is 0 Å². The summed E-state index contributed by atoms with van der Waals surface area (Å²) < 4.78 is 27.2. The Bertz CT molecular complexity index is 1580. The van der Waals surface area contributed by atoms with Crippen molar-refractivity contribution in [3.63, 3.8) is 0 Å². The van der Waals surface area contributed by atoms with E-state index >= 15 is 0 Å². The summed E-state index contributed by atoms with van der Waals surface area (Å²) in [6.45, 7) is 0. The number of amides is 1. The number of para-hydroxylation sites is 4. The first kappa shape index (κ1) is 22.4. The fraction of sp³-hybridized carbons (Fsp3) is 0.0370. The number of H-pyrrole nitrogens is 1. The van der Waals surface area contributed by atoms with Crippen LogP contribution in [0.4, 0.5) is 11.4 Å². The lowest BCUT2D eigenvalue weighted by atomic mass is 10.1. The molecule has 5 aromatic rings. The van der Waals surface area contributed by atoms with E-state index in [1.54, 1.807) is 30.3 Å². The van der Waals surface area contributed by atoms with E-state index in [0.29, 0.717) is 22.8 Å². The van der Waals surface area contributed by atoms with E-state index in [0.717, 1.165) is 16.6 Å². The molecule has 0 spiro atoms. The van der Waals surface area contributed by atoms with Crippen LogP contribution in [-0.2, 0) is 10.0 Å². The SMILES string of the molecule is CN(c1ccccc1)S(=O)(=O)c1ccc(C(=O)Nc2ccccc2-c2nc3ccccc3[nH]2)cc1. The van der Waals surface area contributed by atoms with Gasteiger partial charge in [-0.1, -0.05) is 42.5 Å². The molecule has 0 unspecified atom stereocenters. The number of sulfonamides is 1. The van der Waals surface area contributed by atoms with Gasteiger partial charge in [-0.2, -0.15) is 0 Å². The maximum atomic E-state index is 13.0. The minimum absolute atomic E-state index is 0.100. The Labute approximate surface area is 203 Å². The summed E-state index contributed by atoms with van der Waals surface area (Å²) in [6.07, 6.45) is 0. The standard InChI is InChI=1S/C27H22N4O3S/c1-31(20-9-3-2-4-10-20)35(33,34)21-17-15-19(16-18-21)27(32)30-23-12-6-5-11-22(23)26-28-24-13-7-8-14-25(24)29-26/h2-18H,1H3,(H,28,29)(H,30,32). The molecule has 0 saturated heterocycles. The summed E-state index contributed by atoms with van der Waals surface area (Å²) in [5, 5.41) is 2.92. The maximum absolute atomic E-state index is 13.0. The Hall–Kier alpha value is -4.43. The van der Waals surface area contributed by atoms with Crippen LogP contribution < -0.4 is 9.62 Å². The quantitative estimate of drug-likeness (QED) is 0.343. The smallest absolute Gasteiger partial charge is 0.264 e. The summed E-state index contributed by atoms with van der Waals surface area (Å²) in [5.41, 5.74) is 3.97. The molecule has 5 rings (SSSR count). The average Bonchev–Trinajstić information content (AvgIpc) is 3.33. The van der Waals surface area contributed by atoms with Crippen LogP contribution in [0.3, 0.4) is 0 Å². The number of hydrogen-bond acceptors (Lipinski definition) is 4. The van der Waals surface area contributed by atoms with E-state index in [1.165, 1.54) is 35.6 Å². The summed E-state index contributed by atoms with van der Waals surface area (Å²) in [5.74, 6) is 0.293. The second-order valence-corrected chi connectivity index (χ2v) is 9.90. The molecular weight excluding hydrogens is 460 g/mol. The van der Waals surface area contributed by atoms with E-state index in [-0.39, 0.29) is 10.8 Å². The average molecular weight is 483 g/mol. The van der Waals surface area contributed by atoms with Crippen LogP contribution in [-0.4, -0.2) is 31.3 Å². The highest BCUT2D eigenvalue weighted by molar-refractivity contribution is 7.92. The number of nitrogens with zero attached hydrogens (tertiary/aromatic N) is 2. The summed E-state index contributed by atoms with van der Waals surface area (Å²) >= 11 is 0. The van der Waals surface area contributed by atoms with Crippen molar-refractivity contribution in [2.75, 3.05) is 16.7 Å². The zero-order valence-corrected chi connectivity index (χ0v) is 19.7. The fourth-order valence-corrected chi connectivity index (χ4v) is 4.98. The maximum Gasteiger partial charge on any atom is 0.264 e. The topological polar surface area (TPSA) is 95.2 Å². The van der Waals surface area contributed by atoms with Gasteiger partial charge in [0.25, 0.3) is 15.9 Å². The molecular formula is C27H22N4O3S. The molecule has 0 radical (unpaired) electrons. The molecule has 0 atom stereocenters. The number of anilines is 2. The largest absolute Gasteiger partial charge is 0.338 e. The Morgan fingerprint density at radius 3 is 2.23 bits per heavy atom. The van der Waals surface area contributed by atoms with Gasteiger partial charge in [-0.05, 0) is 60.7 Å². The molecule has 174 valence electrons. The van der Waals surface area contributed by atoms with Crippen LogP contribution in [0.2, 0.25) is 0 Å². The van der Waals surface area contributed by atoms with E-state index < -0.39 is 10.0 Å². The minimum atomic E-state index is -3.76. The number of carbonyl (C=O) groups is 1. The highest BCUT2D eigenvalue weighted by atomic mass is 32.2. The van der Waals surface area contributed by atoms with Crippen LogP contribution in [0, 0.1) is 0 Å². The molecule has 1 amide bonds. The number of fused-ring (bicyclic) bond motifs is 1. The molecule has 8 heteroatoms. The molecule has 4 aromatic carbocycles. The molecule has 0 saturated carbocycles. The molecule has 2 N–H and O–H groups in total. The van der Waals surface area contributed by atoms with Gasteiger partial charge in [0.15, 0.2) is 0 Å². The monoisotopic (exact) mass is 482 g/mol. The Morgan fingerprint density at radius 2 is 1.49 bits per heavy atom. The van der Waals surface area contributed by atoms with Gasteiger partial charge in [-0.15, -0.1) is 0 Å². The van der Waals surface area contributed by atoms with Crippen LogP contribution in [0.5, 0.6) is 0 Å². The van der Waals surface area contributed by atoms with Crippen molar-refractivity contribution in [1.82, 2.24) is 9.97 Å². The highest BCUT2D eigenvalue weighted by Gasteiger charge is 2.22. The zero-order valence-electron chi connectivity index (χ0n) is 18.8. The molecule has 0 aliphatic carbocycles. The molecule has 35 heavy (non-hydrogen) atoms. The van der Waals surface area contributed by atoms with Crippen LogP contribution in [0.25, 0.3) is 22.4 Å². The van der Waals surface area contributed by atoms with E-state index in [9.17, 15) is 13.2 Å². The van der Waals surface area contributed by atoms with Gasteiger partial charge in [-0.3, -0.25) is 9.10 Å². The van der Waals surface area contributed by atoms with Crippen LogP contribution in [0.1, 0.15) is 10.4 Å². The van der Waals surface area contributed by atoms with Crippen molar-refractivity contribution in [3.05, 3.63) is 109 Å². The second-order valence-electron chi connectivity index (χ2n) is 7.93. The lowest BCUT2D eigenvalue weighted by Gasteiger charge is -2.19. The minimum Gasteiger partial charge on any atom is -0.338 e. The number of benzene rings is 4. The normalized spacial score (nSPS) is 11.3. The van der Waals surface area contributed by atoms with Crippen molar-refractivity contribution >= 4 is 38.3 Å². The van der Waals surface area contributed by atoms with E-state index in [4.69, 9.17) is 0 Å². The number of aromatic nitrogens is 2. The first-order valence-corrected chi connectivity index (χ1v) is 12.4. The lowest BCUT2D eigenvalue weighted by Crippen LogP contribution is -2.26.